The molecule has 0 bridgehead atoms. The Labute approximate surface area is 251 Å². The van der Waals surface area contributed by atoms with Crippen LogP contribution in [-0.2, 0) is 4.79 Å². The van der Waals surface area contributed by atoms with Crippen LogP contribution in [0, 0.1) is 32.6 Å². The molecule has 4 aromatic heterocycles. The Balaban J connectivity index is 1.56. The molecule has 43 heavy (non-hydrogen) atoms. The summed E-state index contributed by atoms with van der Waals surface area (Å²) in [5.41, 5.74) is 8.83. The Kier molecular flexibility index (Phi) is 7.45. The third kappa shape index (κ3) is 5.49. The molecule has 2 aromatic carbocycles. The molecule has 7 nitrogen and oxygen atoms in total. The molecule has 4 heterocycles. The number of rotatable bonds is 5. The topological polar surface area (TPSA) is 84.2 Å². The van der Waals surface area contributed by atoms with Crippen LogP contribution >= 0.6 is 0 Å². The number of benzene rings is 2. The van der Waals surface area contributed by atoms with Gasteiger partial charge in [0.25, 0.3) is 0 Å². The van der Waals surface area contributed by atoms with Crippen LogP contribution in [0.1, 0.15) is 35.0 Å². The van der Waals surface area contributed by atoms with Crippen LogP contribution in [0.3, 0.4) is 0 Å². The first-order valence-corrected chi connectivity index (χ1v) is 14.2. The molecule has 0 aliphatic rings. The molecule has 6 aromatic rings. The number of fused-ring (bicyclic) bond motifs is 2. The highest BCUT2D eigenvalue weighted by atomic mass is 16.2. The highest BCUT2D eigenvalue weighted by molar-refractivity contribution is 5.94. The molecule has 0 saturated carbocycles. The van der Waals surface area contributed by atoms with Crippen LogP contribution in [0.15, 0.2) is 85.2 Å². The molecule has 0 unspecified atom stereocenters. The van der Waals surface area contributed by atoms with Gasteiger partial charge in [-0.05, 0) is 111 Å². The zero-order chi connectivity index (χ0) is 30.1. The van der Waals surface area contributed by atoms with Gasteiger partial charge >= 0.3 is 0 Å². The normalized spacial score (nSPS) is 11.7. The van der Waals surface area contributed by atoms with Gasteiger partial charge in [0.1, 0.15) is 17.2 Å². The van der Waals surface area contributed by atoms with Crippen LogP contribution in [0.2, 0.25) is 0 Å². The van der Waals surface area contributed by atoms with E-state index < -0.39 is 0 Å². The number of nitrogens with one attached hydrogen (secondary N) is 2. The van der Waals surface area contributed by atoms with Gasteiger partial charge in [-0.25, -0.2) is 9.97 Å². The molecule has 1 amide bonds. The maximum atomic E-state index is 12.7. The minimum atomic E-state index is -0.376. The highest BCUT2D eigenvalue weighted by Gasteiger charge is 2.21. The Hall–Kier alpha value is -5.32. The molecule has 0 aliphatic heterocycles. The molecular formula is C36H32N6O. The van der Waals surface area contributed by atoms with Gasteiger partial charge in [-0.1, -0.05) is 30.2 Å². The molecule has 0 saturated heterocycles. The van der Waals surface area contributed by atoms with E-state index in [4.69, 9.17) is 9.97 Å². The maximum absolute atomic E-state index is 12.7. The second-order valence-corrected chi connectivity index (χ2v) is 10.7. The summed E-state index contributed by atoms with van der Waals surface area (Å²) in [6, 6.07) is 24.0. The number of aryl methyl sites for hydroxylation is 3. The van der Waals surface area contributed by atoms with Crippen molar-refractivity contribution >= 4 is 28.1 Å². The number of pyridine rings is 3. The van der Waals surface area contributed by atoms with E-state index in [-0.39, 0.29) is 11.9 Å². The zero-order valence-electron chi connectivity index (χ0n) is 24.9. The van der Waals surface area contributed by atoms with E-state index in [0.29, 0.717) is 11.5 Å². The summed E-state index contributed by atoms with van der Waals surface area (Å²) in [6.45, 7) is 7.94. The maximum Gasteiger partial charge on any atom is 0.242 e. The molecule has 6 rings (SSSR count). The van der Waals surface area contributed by atoms with E-state index >= 15 is 0 Å². The van der Waals surface area contributed by atoms with Crippen molar-refractivity contribution in [3.8, 4) is 34.4 Å². The number of imidazole rings is 1. The molecule has 7 heteroatoms. The summed E-state index contributed by atoms with van der Waals surface area (Å²) in [6.07, 6.45) is 3.81. The lowest BCUT2D eigenvalue weighted by atomic mass is 10.0. The Morgan fingerprint density at radius 1 is 0.907 bits per heavy atom. The van der Waals surface area contributed by atoms with E-state index in [1.165, 1.54) is 10.9 Å². The number of aromatic nitrogens is 4. The standard InChI is InChI=1S/C36H32N6O/c1-22-17-19-42-33(20-22)41-34(29-10-7-18-38-24(29)3)35(42)30-14-16-32(40-36(43)25(4)37-5)39-31(30)15-12-26-11-13-28-23(2)8-6-9-27(28)21-26/h6-11,13-14,16-21,25,37H,1-5H3,(H,39,40,43)/t25-/m0/s1. The van der Waals surface area contributed by atoms with E-state index in [2.05, 4.69) is 88.2 Å². The summed E-state index contributed by atoms with van der Waals surface area (Å²) < 4.78 is 2.07. The summed E-state index contributed by atoms with van der Waals surface area (Å²) in [5.74, 6) is 6.93. The quantitative estimate of drug-likeness (QED) is 0.234. The van der Waals surface area contributed by atoms with Crippen molar-refractivity contribution in [2.75, 3.05) is 12.4 Å². The van der Waals surface area contributed by atoms with Crippen LogP contribution in [0.4, 0.5) is 5.82 Å². The van der Waals surface area contributed by atoms with Crippen molar-refractivity contribution in [3.05, 3.63) is 113 Å². The summed E-state index contributed by atoms with van der Waals surface area (Å²) >= 11 is 0. The average molecular weight is 565 g/mol. The number of nitrogens with zero attached hydrogens (tertiary/aromatic N) is 4. The Morgan fingerprint density at radius 2 is 1.77 bits per heavy atom. The molecule has 1 atom stereocenters. The van der Waals surface area contributed by atoms with E-state index in [1.54, 1.807) is 20.2 Å². The fourth-order valence-corrected chi connectivity index (χ4v) is 5.16. The van der Waals surface area contributed by atoms with Crippen molar-refractivity contribution in [3.63, 3.8) is 0 Å². The first-order valence-electron chi connectivity index (χ1n) is 14.2. The number of likely N-dealkylation sites (N-methyl/N-ethyl adjacent to an activating group) is 1. The SMILES string of the molecule is CN[C@@H](C)C(=O)Nc1ccc(-c2c(-c3cccnc3C)nc3cc(C)ccn23)c(C#Cc2ccc3c(C)cccc3c2)n1. The van der Waals surface area contributed by atoms with Crippen LogP contribution in [0.25, 0.3) is 38.9 Å². The smallest absolute Gasteiger partial charge is 0.242 e. The fourth-order valence-electron chi connectivity index (χ4n) is 5.16. The zero-order valence-corrected chi connectivity index (χ0v) is 24.9. The number of carbonyl (C=O) groups excluding carboxylic acids is 1. The monoisotopic (exact) mass is 564 g/mol. The van der Waals surface area contributed by atoms with Gasteiger partial charge in [-0.3, -0.25) is 14.2 Å². The molecule has 0 spiro atoms. The molecule has 0 aliphatic carbocycles. The Bertz CT molecular complexity index is 2080. The van der Waals surface area contributed by atoms with Crippen molar-refractivity contribution in [2.24, 2.45) is 0 Å². The molecule has 212 valence electrons. The molecular weight excluding hydrogens is 532 g/mol. The number of hydrogen-bond donors (Lipinski definition) is 2. The van der Waals surface area contributed by atoms with E-state index in [9.17, 15) is 4.79 Å². The molecule has 2 N–H and O–H groups in total. The minimum absolute atomic E-state index is 0.177. The minimum Gasteiger partial charge on any atom is -0.309 e. The van der Waals surface area contributed by atoms with Crippen LogP contribution in [-0.4, -0.2) is 38.3 Å². The van der Waals surface area contributed by atoms with Gasteiger partial charge in [0.2, 0.25) is 5.91 Å². The van der Waals surface area contributed by atoms with Crippen molar-refractivity contribution in [1.29, 1.82) is 0 Å². The van der Waals surface area contributed by atoms with Gasteiger partial charge < -0.3 is 10.6 Å². The first-order chi connectivity index (χ1) is 20.8. The molecule has 0 radical (unpaired) electrons. The van der Waals surface area contributed by atoms with Gasteiger partial charge in [0.05, 0.1) is 17.4 Å². The lowest BCUT2D eigenvalue weighted by Crippen LogP contribution is -2.35. The molecule has 0 fully saturated rings. The lowest BCUT2D eigenvalue weighted by Gasteiger charge is -2.13. The fraction of sp³-hybridized carbons (Fsp3) is 0.167. The highest BCUT2D eigenvalue weighted by Crippen LogP contribution is 2.36. The third-order valence-corrected chi connectivity index (χ3v) is 7.70. The largest absolute Gasteiger partial charge is 0.309 e. The van der Waals surface area contributed by atoms with Gasteiger partial charge in [0.15, 0.2) is 0 Å². The number of anilines is 1. The van der Waals surface area contributed by atoms with Gasteiger partial charge in [-0.15, -0.1) is 0 Å². The second-order valence-electron chi connectivity index (χ2n) is 10.7. The summed E-state index contributed by atoms with van der Waals surface area (Å²) in [7, 11) is 1.75. The van der Waals surface area contributed by atoms with Crippen molar-refractivity contribution in [2.45, 2.75) is 33.7 Å². The van der Waals surface area contributed by atoms with Crippen LogP contribution < -0.4 is 10.6 Å². The van der Waals surface area contributed by atoms with E-state index in [1.807, 2.05) is 43.5 Å². The second kappa shape index (κ2) is 11.5. The van der Waals surface area contributed by atoms with Crippen molar-refractivity contribution < 1.29 is 4.79 Å². The number of carbonyl (C=O) groups is 1. The third-order valence-electron chi connectivity index (χ3n) is 7.70. The Morgan fingerprint density at radius 3 is 2.58 bits per heavy atom. The predicted octanol–water partition coefficient (Wildman–Crippen LogP) is 6.48. The van der Waals surface area contributed by atoms with Crippen LogP contribution in [0.5, 0.6) is 0 Å². The van der Waals surface area contributed by atoms with Gasteiger partial charge in [0, 0.05) is 34.8 Å². The average Bonchev–Trinajstić information content (AvgIpc) is 3.37. The lowest BCUT2D eigenvalue weighted by molar-refractivity contribution is -0.117. The first kappa shape index (κ1) is 27.8. The van der Waals surface area contributed by atoms with Crippen molar-refractivity contribution in [1.82, 2.24) is 24.7 Å². The summed E-state index contributed by atoms with van der Waals surface area (Å²) in [5, 5.41) is 8.22. The van der Waals surface area contributed by atoms with Gasteiger partial charge in [-0.2, -0.15) is 0 Å². The van der Waals surface area contributed by atoms with E-state index in [0.717, 1.165) is 50.4 Å². The predicted molar refractivity (Wildman–Crippen MR) is 173 cm³/mol. The number of amides is 1. The number of hydrogen-bond acceptors (Lipinski definition) is 5. The summed E-state index contributed by atoms with van der Waals surface area (Å²) in [4.78, 5) is 27.2.